The summed E-state index contributed by atoms with van der Waals surface area (Å²) in [5, 5.41) is 15.4. The summed E-state index contributed by atoms with van der Waals surface area (Å²) in [4.78, 5) is 16.5. The molecule has 0 fully saturated rings. The van der Waals surface area contributed by atoms with Crippen LogP contribution in [0.4, 0.5) is 0 Å². The van der Waals surface area contributed by atoms with Crippen LogP contribution in [0.2, 0.25) is 0 Å². The molecular weight excluding hydrogens is 384 g/mol. The fourth-order valence-electron chi connectivity index (χ4n) is 2.76. The van der Waals surface area contributed by atoms with Crippen LogP contribution < -0.4 is 14.8 Å². The lowest BCUT2D eigenvalue weighted by atomic mass is 10.2. The van der Waals surface area contributed by atoms with Gasteiger partial charge in [0.15, 0.2) is 6.61 Å². The molecule has 0 saturated carbocycles. The van der Waals surface area contributed by atoms with Gasteiger partial charge in [-0.25, -0.2) is 0 Å². The first-order chi connectivity index (χ1) is 14.7. The van der Waals surface area contributed by atoms with Crippen LogP contribution in [0.25, 0.3) is 11.4 Å². The molecule has 0 unspecified atom stereocenters. The first-order valence-electron chi connectivity index (χ1n) is 9.50. The van der Waals surface area contributed by atoms with Crippen molar-refractivity contribution >= 4 is 5.91 Å². The summed E-state index contributed by atoms with van der Waals surface area (Å²) >= 11 is 0. The Kier molecular flexibility index (Phi) is 7.39. The van der Waals surface area contributed by atoms with Gasteiger partial charge in [0.05, 0.1) is 7.11 Å². The Morgan fingerprint density at radius 3 is 2.80 bits per heavy atom. The predicted molar refractivity (Wildman–Crippen MR) is 109 cm³/mol. The molecule has 0 spiro atoms. The molecule has 1 aromatic heterocycles. The maximum absolute atomic E-state index is 12.1. The van der Waals surface area contributed by atoms with Crippen molar-refractivity contribution in [1.82, 2.24) is 15.5 Å². The largest absolute Gasteiger partial charge is 0.497 e. The highest BCUT2D eigenvalue weighted by atomic mass is 16.5. The first-order valence-corrected chi connectivity index (χ1v) is 9.50. The highest BCUT2D eigenvalue weighted by Crippen LogP contribution is 2.20. The molecule has 3 aromatic rings. The number of carbonyl (C=O) groups excluding carboxylic acids is 1. The molecule has 8 nitrogen and oxygen atoms in total. The maximum Gasteiger partial charge on any atom is 0.226 e. The molecule has 1 amide bonds. The third kappa shape index (κ3) is 6.07. The number of benzene rings is 2. The van der Waals surface area contributed by atoms with Crippen molar-refractivity contribution in [3.8, 4) is 29.0 Å². The number of amides is 1. The van der Waals surface area contributed by atoms with E-state index < -0.39 is 0 Å². The second-order valence-corrected chi connectivity index (χ2v) is 6.46. The van der Waals surface area contributed by atoms with E-state index in [1.54, 1.807) is 19.2 Å². The lowest BCUT2D eigenvalue weighted by molar-refractivity contribution is -0.121. The van der Waals surface area contributed by atoms with E-state index in [4.69, 9.17) is 19.3 Å². The van der Waals surface area contributed by atoms with Crippen LogP contribution in [0.15, 0.2) is 53.1 Å². The number of nitrogens with one attached hydrogen (secondary N) is 1. The molecule has 1 N–H and O–H groups in total. The molecule has 0 atom stereocenters. The van der Waals surface area contributed by atoms with Crippen LogP contribution >= 0.6 is 0 Å². The zero-order chi connectivity index (χ0) is 21.2. The first kappa shape index (κ1) is 20.9. The fraction of sp³-hybridized carbons (Fsp3) is 0.273. The molecule has 0 aliphatic rings. The minimum Gasteiger partial charge on any atom is -0.497 e. The standard InChI is InChI=1S/C22H22N4O4/c1-28-18-10-8-17(9-11-18)22-25-21(30-26-22)7-3-6-20(27)24-15-16-4-2-5-19(14-16)29-13-12-23/h2,4-5,8-11,14H,3,6-7,13,15H2,1H3,(H,24,27). The molecule has 0 saturated heterocycles. The van der Waals surface area contributed by atoms with Crippen molar-refractivity contribution in [3.05, 3.63) is 60.0 Å². The van der Waals surface area contributed by atoms with Crippen molar-refractivity contribution in [2.75, 3.05) is 13.7 Å². The average molecular weight is 406 g/mol. The maximum atomic E-state index is 12.1. The van der Waals surface area contributed by atoms with Crippen LogP contribution in [-0.4, -0.2) is 29.8 Å². The molecule has 0 radical (unpaired) electrons. The number of nitriles is 1. The van der Waals surface area contributed by atoms with Gasteiger partial charge in [-0.1, -0.05) is 17.3 Å². The van der Waals surface area contributed by atoms with E-state index in [-0.39, 0.29) is 12.5 Å². The Balaban J connectivity index is 1.41. The van der Waals surface area contributed by atoms with Crippen molar-refractivity contribution in [2.45, 2.75) is 25.8 Å². The normalized spacial score (nSPS) is 10.3. The molecule has 0 aliphatic carbocycles. The minimum absolute atomic E-state index is 0.00827. The quantitative estimate of drug-likeness (QED) is 0.550. The molecular formula is C22H22N4O4. The van der Waals surface area contributed by atoms with Gasteiger partial charge in [0, 0.05) is 24.9 Å². The van der Waals surface area contributed by atoms with Gasteiger partial charge in [0.25, 0.3) is 0 Å². The van der Waals surface area contributed by atoms with E-state index in [0.29, 0.717) is 43.3 Å². The highest BCUT2D eigenvalue weighted by molar-refractivity contribution is 5.75. The topological polar surface area (TPSA) is 110 Å². The Morgan fingerprint density at radius 1 is 1.20 bits per heavy atom. The predicted octanol–water partition coefficient (Wildman–Crippen LogP) is 3.29. The third-order valence-electron chi connectivity index (χ3n) is 4.30. The van der Waals surface area contributed by atoms with Gasteiger partial charge in [-0.15, -0.1) is 0 Å². The summed E-state index contributed by atoms with van der Waals surface area (Å²) in [5.41, 5.74) is 1.74. The number of nitrogens with zero attached hydrogens (tertiary/aromatic N) is 3. The summed E-state index contributed by atoms with van der Waals surface area (Å²) in [6, 6.07) is 16.6. The summed E-state index contributed by atoms with van der Waals surface area (Å²) in [6.45, 7) is 0.385. The molecule has 8 heteroatoms. The van der Waals surface area contributed by atoms with Crippen molar-refractivity contribution < 1.29 is 18.8 Å². The van der Waals surface area contributed by atoms with Gasteiger partial charge in [-0.2, -0.15) is 10.2 Å². The number of carbonyl (C=O) groups is 1. The third-order valence-corrected chi connectivity index (χ3v) is 4.30. The molecule has 30 heavy (non-hydrogen) atoms. The highest BCUT2D eigenvalue weighted by Gasteiger charge is 2.10. The van der Waals surface area contributed by atoms with Gasteiger partial charge in [-0.3, -0.25) is 4.79 Å². The molecule has 154 valence electrons. The van der Waals surface area contributed by atoms with E-state index >= 15 is 0 Å². The number of hydrogen-bond donors (Lipinski definition) is 1. The molecule has 3 rings (SSSR count). The van der Waals surface area contributed by atoms with Gasteiger partial charge in [0.1, 0.15) is 17.6 Å². The molecule has 0 aliphatic heterocycles. The zero-order valence-electron chi connectivity index (χ0n) is 16.6. The van der Waals surface area contributed by atoms with Crippen LogP contribution in [0.3, 0.4) is 0 Å². The Labute approximate surface area is 174 Å². The van der Waals surface area contributed by atoms with Crippen molar-refractivity contribution in [1.29, 1.82) is 5.26 Å². The fourth-order valence-corrected chi connectivity index (χ4v) is 2.76. The number of aromatic nitrogens is 2. The van der Waals surface area contributed by atoms with Crippen LogP contribution in [0, 0.1) is 11.3 Å². The number of hydrogen-bond acceptors (Lipinski definition) is 7. The lowest BCUT2D eigenvalue weighted by Gasteiger charge is -2.07. The van der Waals surface area contributed by atoms with Crippen molar-refractivity contribution in [3.63, 3.8) is 0 Å². The van der Waals surface area contributed by atoms with E-state index in [0.717, 1.165) is 16.9 Å². The Hall–Kier alpha value is -3.86. The molecule has 1 heterocycles. The van der Waals surface area contributed by atoms with Crippen LogP contribution in [0.1, 0.15) is 24.3 Å². The summed E-state index contributed by atoms with van der Waals surface area (Å²) < 4.78 is 15.7. The second-order valence-electron chi connectivity index (χ2n) is 6.46. The monoisotopic (exact) mass is 406 g/mol. The van der Waals surface area contributed by atoms with Crippen molar-refractivity contribution in [2.24, 2.45) is 0 Å². The summed E-state index contributed by atoms with van der Waals surface area (Å²) in [6.07, 6.45) is 1.47. The Bertz CT molecular complexity index is 1010. The van der Waals surface area contributed by atoms with Crippen LogP contribution in [-0.2, 0) is 17.8 Å². The second kappa shape index (κ2) is 10.6. The van der Waals surface area contributed by atoms with E-state index in [1.807, 2.05) is 42.5 Å². The zero-order valence-corrected chi connectivity index (χ0v) is 16.6. The summed E-state index contributed by atoms with van der Waals surface area (Å²) in [7, 11) is 1.61. The van der Waals surface area contributed by atoms with E-state index in [2.05, 4.69) is 15.5 Å². The van der Waals surface area contributed by atoms with E-state index in [9.17, 15) is 4.79 Å². The number of methoxy groups -OCH3 is 1. The summed E-state index contributed by atoms with van der Waals surface area (Å²) in [5.74, 6) is 2.31. The average Bonchev–Trinajstić information content (AvgIpc) is 3.25. The van der Waals surface area contributed by atoms with Gasteiger partial charge in [0.2, 0.25) is 17.6 Å². The smallest absolute Gasteiger partial charge is 0.226 e. The Morgan fingerprint density at radius 2 is 2.03 bits per heavy atom. The van der Waals surface area contributed by atoms with E-state index in [1.165, 1.54) is 0 Å². The molecule has 0 bridgehead atoms. The van der Waals surface area contributed by atoms with Gasteiger partial charge in [-0.05, 0) is 48.4 Å². The minimum atomic E-state index is -0.0618. The van der Waals surface area contributed by atoms with Crippen LogP contribution in [0.5, 0.6) is 11.5 Å². The van der Waals surface area contributed by atoms with Gasteiger partial charge < -0.3 is 19.3 Å². The number of ether oxygens (including phenoxy) is 2. The SMILES string of the molecule is COc1ccc(-c2noc(CCCC(=O)NCc3cccc(OCC#N)c3)n2)cc1. The van der Waals surface area contributed by atoms with Gasteiger partial charge >= 0.3 is 0 Å². The number of rotatable bonds is 10. The number of aryl methyl sites for hydroxylation is 1. The molecule has 2 aromatic carbocycles. The lowest BCUT2D eigenvalue weighted by Crippen LogP contribution is -2.22.